The van der Waals surface area contributed by atoms with Crippen molar-refractivity contribution in [2.45, 2.75) is 95.1 Å². The molecule has 0 aromatic carbocycles. The molecule has 34 heavy (non-hydrogen) atoms. The van der Waals surface area contributed by atoms with E-state index < -0.39 is 11.7 Å². The van der Waals surface area contributed by atoms with Crippen molar-refractivity contribution < 1.29 is 23.9 Å². The molecule has 0 saturated heterocycles. The van der Waals surface area contributed by atoms with E-state index in [-0.39, 0.29) is 23.8 Å². The molecule has 1 aromatic heterocycles. The quantitative estimate of drug-likeness (QED) is 0.343. The summed E-state index contributed by atoms with van der Waals surface area (Å²) < 4.78 is 16.7. The van der Waals surface area contributed by atoms with E-state index in [4.69, 9.17) is 14.0 Å². The summed E-state index contributed by atoms with van der Waals surface area (Å²) in [6.07, 6.45) is 7.98. The second kappa shape index (κ2) is 9.86. The monoisotopic (exact) mass is 492 g/mol. The molecule has 0 radical (unpaired) electrons. The molecule has 190 valence electrons. The molecule has 1 heterocycles. The molecule has 5 unspecified atom stereocenters. The number of amides is 1. The lowest BCUT2D eigenvalue weighted by Crippen LogP contribution is -2.43. The van der Waals surface area contributed by atoms with Crippen LogP contribution >= 0.6 is 11.8 Å². The van der Waals surface area contributed by atoms with E-state index in [2.05, 4.69) is 37.3 Å². The summed E-state index contributed by atoms with van der Waals surface area (Å²) in [6, 6.07) is 0. The molecule has 3 aliphatic rings. The predicted molar refractivity (Wildman–Crippen MR) is 132 cm³/mol. The van der Waals surface area contributed by atoms with Crippen LogP contribution in [0.3, 0.4) is 0 Å². The maximum absolute atomic E-state index is 13.6. The van der Waals surface area contributed by atoms with Crippen LogP contribution in [0, 0.1) is 23.2 Å². The summed E-state index contributed by atoms with van der Waals surface area (Å²) in [5, 5.41) is 18.1. The standard InChI is InChI=1S/C26H40N2O5S/c1-7-17-12-15(2)13-19-16(3)26(17,19)27-22(29)20-21(34-18-10-8-9-11-18)23(28-33-20)32-14-25(4,5)24(30)31-6/h12,15-16,18-19,24,30H,7-11,13-14H2,1-6H3,(H,27,29). The normalized spacial score (nSPS) is 30.0. The molecule has 3 aliphatic carbocycles. The molecule has 1 aromatic rings. The minimum absolute atomic E-state index is 0.178. The van der Waals surface area contributed by atoms with E-state index in [9.17, 15) is 9.90 Å². The van der Waals surface area contributed by atoms with Gasteiger partial charge in [-0.25, -0.2) is 0 Å². The highest BCUT2D eigenvalue weighted by Crippen LogP contribution is 2.61. The molecule has 8 heteroatoms. The Morgan fingerprint density at radius 1 is 1.38 bits per heavy atom. The van der Waals surface area contributed by atoms with Crippen molar-refractivity contribution in [3.8, 4) is 5.88 Å². The van der Waals surface area contributed by atoms with Gasteiger partial charge in [0.05, 0.1) is 5.54 Å². The van der Waals surface area contributed by atoms with E-state index in [0.717, 1.165) is 25.7 Å². The lowest BCUT2D eigenvalue weighted by Gasteiger charge is -2.28. The zero-order chi connectivity index (χ0) is 24.7. The van der Waals surface area contributed by atoms with Gasteiger partial charge in [0.2, 0.25) is 5.76 Å². The number of aliphatic hydroxyl groups excluding tert-OH is 1. The Hall–Kier alpha value is -1.51. The second-order valence-electron chi connectivity index (χ2n) is 11.0. The van der Waals surface area contributed by atoms with Gasteiger partial charge in [-0.15, -0.1) is 11.8 Å². The fourth-order valence-electron chi connectivity index (χ4n) is 5.89. The highest BCUT2D eigenvalue weighted by atomic mass is 32.2. The number of nitrogens with zero attached hydrogens (tertiary/aromatic N) is 1. The van der Waals surface area contributed by atoms with Crippen molar-refractivity contribution in [3.63, 3.8) is 0 Å². The molecule has 0 bridgehead atoms. The first-order valence-electron chi connectivity index (χ1n) is 12.7. The average Bonchev–Trinajstić information content (AvgIpc) is 3.21. The summed E-state index contributed by atoms with van der Waals surface area (Å²) in [7, 11) is 1.46. The number of methoxy groups -OCH3 is 1. The van der Waals surface area contributed by atoms with Crippen molar-refractivity contribution in [2.75, 3.05) is 13.7 Å². The fraction of sp³-hybridized carbons (Fsp3) is 0.769. The van der Waals surface area contributed by atoms with Crippen LogP contribution in [0.4, 0.5) is 0 Å². The minimum atomic E-state index is -0.978. The molecule has 0 spiro atoms. The lowest BCUT2D eigenvalue weighted by molar-refractivity contribution is -0.156. The zero-order valence-electron chi connectivity index (χ0n) is 21.3. The number of thioether (sulfide) groups is 1. The number of aromatic nitrogens is 1. The van der Waals surface area contributed by atoms with E-state index in [1.807, 2.05) is 13.8 Å². The topological polar surface area (TPSA) is 93.8 Å². The summed E-state index contributed by atoms with van der Waals surface area (Å²) in [6.45, 7) is 10.5. The molecule has 4 rings (SSSR count). The van der Waals surface area contributed by atoms with Crippen LogP contribution in [-0.4, -0.2) is 47.0 Å². The number of allylic oxidation sites excluding steroid dienone is 1. The second-order valence-corrected chi connectivity index (χ2v) is 12.3. The van der Waals surface area contributed by atoms with Crippen LogP contribution < -0.4 is 10.1 Å². The Balaban J connectivity index is 1.57. The number of fused-ring (bicyclic) bond motifs is 1. The molecular formula is C26H40N2O5S. The third kappa shape index (κ3) is 4.65. The van der Waals surface area contributed by atoms with Crippen LogP contribution in [0.5, 0.6) is 5.88 Å². The molecule has 2 saturated carbocycles. The first-order valence-corrected chi connectivity index (χ1v) is 13.6. The number of carbonyl (C=O) groups is 1. The summed E-state index contributed by atoms with van der Waals surface area (Å²) in [5.74, 6) is 1.75. The number of carbonyl (C=O) groups excluding carboxylic acids is 1. The van der Waals surface area contributed by atoms with Gasteiger partial charge in [0, 0.05) is 17.8 Å². The lowest BCUT2D eigenvalue weighted by atomic mass is 9.86. The van der Waals surface area contributed by atoms with Crippen LogP contribution in [-0.2, 0) is 4.74 Å². The first kappa shape index (κ1) is 25.6. The molecule has 0 aliphatic heterocycles. The summed E-state index contributed by atoms with van der Waals surface area (Å²) in [4.78, 5) is 14.3. The first-order chi connectivity index (χ1) is 16.1. The Kier molecular flexibility index (Phi) is 7.42. The Morgan fingerprint density at radius 3 is 2.74 bits per heavy atom. The van der Waals surface area contributed by atoms with Crippen molar-refractivity contribution in [2.24, 2.45) is 23.2 Å². The largest absolute Gasteiger partial charge is 0.474 e. The predicted octanol–water partition coefficient (Wildman–Crippen LogP) is 5.19. The smallest absolute Gasteiger partial charge is 0.291 e. The van der Waals surface area contributed by atoms with Gasteiger partial charge in [0.15, 0.2) is 6.29 Å². The molecule has 2 N–H and O–H groups in total. The molecule has 2 fully saturated rings. The number of nitrogens with one attached hydrogen (secondary N) is 1. The molecule has 7 nitrogen and oxygen atoms in total. The maximum atomic E-state index is 13.6. The highest BCUT2D eigenvalue weighted by molar-refractivity contribution is 8.00. The Labute approximate surface area is 207 Å². The minimum Gasteiger partial charge on any atom is -0.474 e. The van der Waals surface area contributed by atoms with Crippen LogP contribution in [0.1, 0.15) is 83.7 Å². The van der Waals surface area contributed by atoms with Crippen LogP contribution in [0.15, 0.2) is 21.1 Å². The third-order valence-corrected chi connectivity index (χ3v) is 9.43. The van der Waals surface area contributed by atoms with Gasteiger partial charge < -0.3 is 24.4 Å². The van der Waals surface area contributed by atoms with E-state index in [0.29, 0.717) is 33.8 Å². The van der Waals surface area contributed by atoms with Gasteiger partial charge in [0.1, 0.15) is 11.5 Å². The van der Waals surface area contributed by atoms with E-state index >= 15 is 0 Å². The fourth-order valence-corrected chi connectivity index (χ4v) is 7.22. The summed E-state index contributed by atoms with van der Waals surface area (Å²) in [5.41, 5.74) is 0.403. The molecular weight excluding hydrogens is 452 g/mol. The molecule has 1 amide bonds. The van der Waals surface area contributed by atoms with Crippen LogP contribution in [0.25, 0.3) is 0 Å². The van der Waals surface area contributed by atoms with E-state index in [1.165, 1.54) is 25.5 Å². The Bertz CT molecular complexity index is 922. The number of hydrogen-bond donors (Lipinski definition) is 2. The highest BCUT2D eigenvalue weighted by Gasteiger charge is 2.65. The van der Waals surface area contributed by atoms with Crippen molar-refractivity contribution in [1.82, 2.24) is 10.5 Å². The zero-order valence-corrected chi connectivity index (χ0v) is 22.2. The van der Waals surface area contributed by atoms with Crippen molar-refractivity contribution in [1.29, 1.82) is 0 Å². The van der Waals surface area contributed by atoms with Gasteiger partial charge in [-0.2, -0.15) is 0 Å². The number of aliphatic hydroxyl groups is 1. The summed E-state index contributed by atoms with van der Waals surface area (Å²) >= 11 is 1.64. The number of hydrogen-bond acceptors (Lipinski definition) is 7. The Morgan fingerprint density at radius 2 is 2.09 bits per heavy atom. The van der Waals surface area contributed by atoms with Gasteiger partial charge >= 0.3 is 0 Å². The number of rotatable bonds is 10. The van der Waals surface area contributed by atoms with Gasteiger partial charge in [0.25, 0.3) is 11.8 Å². The van der Waals surface area contributed by atoms with Gasteiger partial charge in [-0.05, 0) is 54.2 Å². The van der Waals surface area contributed by atoms with Crippen molar-refractivity contribution in [3.05, 3.63) is 17.4 Å². The van der Waals surface area contributed by atoms with Gasteiger partial charge in [-0.1, -0.05) is 53.5 Å². The SMILES string of the molecule is CCC1=CC(C)CC2C(C)C12NC(=O)c1onc(OCC(C)(C)C(O)OC)c1SC1CCCC1. The van der Waals surface area contributed by atoms with Crippen molar-refractivity contribution >= 4 is 17.7 Å². The number of ether oxygens (including phenoxy) is 2. The molecule has 5 atom stereocenters. The van der Waals surface area contributed by atoms with Gasteiger partial charge in [-0.3, -0.25) is 4.79 Å². The third-order valence-electron chi connectivity index (χ3n) is 8.03. The maximum Gasteiger partial charge on any atom is 0.291 e. The average molecular weight is 493 g/mol. The van der Waals surface area contributed by atoms with Crippen LogP contribution in [0.2, 0.25) is 0 Å². The van der Waals surface area contributed by atoms with E-state index in [1.54, 1.807) is 11.8 Å².